The van der Waals surface area contributed by atoms with E-state index in [1.165, 1.54) is 5.56 Å². The maximum Gasteiger partial charge on any atom is 0.419 e. The second-order valence-corrected chi connectivity index (χ2v) is 14.3. The topological polar surface area (TPSA) is 138 Å². The summed E-state index contributed by atoms with van der Waals surface area (Å²) >= 11 is 0. The molecule has 3 rings (SSSR count). The van der Waals surface area contributed by atoms with Crippen LogP contribution in [0.25, 0.3) is 0 Å². The van der Waals surface area contributed by atoms with Crippen molar-refractivity contribution in [1.82, 2.24) is 15.1 Å². The number of piperidine rings is 2. The Balaban J connectivity index is 1.32. The molecule has 2 unspecified atom stereocenters. The minimum Gasteiger partial charge on any atom is -0.443 e. The van der Waals surface area contributed by atoms with Gasteiger partial charge in [0.1, 0.15) is 17.2 Å². The van der Waals surface area contributed by atoms with E-state index in [9.17, 15) is 24.3 Å². The number of β-amino-alcohol motifs (C(OH)–C–C–N with tert-alkyl or cyclic N) is 1. The van der Waals surface area contributed by atoms with Gasteiger partial charge in [0.25, 0.3) is 0 Å². The first-order chi connectivity index (χ1) is 21.1. The predicted molar refractivity (Wildman–Crippen MR) is 173 cm³/mol. The molecule has 11 heteroatoms. The molecule has 252 valence electrons. The number of benzene rings is 1. The lowest BCUT2D eigenvalue weighted by molar-refractivity contribution is -0.133. The number of carbonyl (C=O) groups excluding carboxylic acids is 4. The molecule has 2 fully saturated rings. The Kier molecular flexibility index (Phi) is 13.2. The van der Waals surface area contributed by atoms with Gasteiger partial charge in [0.2, 0.25) is 11.8 Å². The Morgan fingerprint density at radius 1 is 0.933 bits per heavy atom. The van der Waals surface area contributed by atoms with E-state index in [4.69, 9.17) is 9.47 Å². The Labute approximate surface area is 268 Å². The molecular formula is C34H54N4O7. The molecule has 3 N–H and O–H groups in total. The van der Waals surface area contributed by atoms with E-state index in [1.807, 2.05) is 12.1 Å². The van der Waals surface area contributed by atoms with E-state index in [1.54, 1.807) is 41.5 Å². The molecule has 0 spiro atoms. The van der Waals surface area contributed by atoms with E-state index in [-0.39, 0.29) is 30.5 Å². The van der Waals surface area contributed by atoms with Gasteiger partial charge in [-0.05, 0) is 110 Å². The van der Waals surface area contributed by atoms with Crippen molar-refractivity contribution < 1.29 is 33.8 Å². The number of likely N-dealkylation sites (tertiary alicyclic amines) is 1. The maximum atomic E-state index is 12.6. The third-order valence-electron chi connectivity index (χ3n) is 7.92. The first-order valence-electron chi connectivity index (χ1n) is 16.4. The van der Waals surface area contributed by atoms with Crippen molar-refractivity contribution >= 4 is 29.7 Å². The molecule has 2 aliphatic rings. The lowest BCUT2D eigenvalue weighted by atomic mass is 9.89. The van der Waals surface area contributed by atoms with Crippen LogP contribution in [0.1, 0.15) is 111 Å². The van der Waals surface area contributed by atoms with Crippen molar-refractivity contribution in [3.63, 3.8) is 0 Å². The lowest BCUT2D eigenvalue weighted by Gasteiger charge is -2.33. The van der Waals surface area contributed by atoms with Crippen molar-refractivity contribution in [2.24, 2.45) is 0 Å². The van der Waals surface area contributed by atoms with E-state index in [0.717, 1.165) is 55.8 Å². The first kappa shape index (κ1) is 36.3. The van der Waals surface area contributed by atoms with Crippen LogP contribution in [0.15, 0.2) is 24.3 Å². The van der Waals surface area contributed by atoms with Gasteiger partial charge in [-0.1, -0.05) is 31.4 Å². The van der Waals surface area contributed by atoms with Gasteiger partial charge < -0.3 is 24.8 Å². The Morgan fingerprint density at radius 3 is 2.07 bits per heavy atom. The summed E-state index contributed by atoms with van der Waals surface area (Å²) in [4.78, 5) is 52.0. The number of hydrogen-bond acceptors (Lipinski definition) is 9. The van der Waals surface area contributed by atoms with E-state index in [2.05, 4.69) is 27.7 Å². The fourth-order valence-electron chi connectivity index (χ4n) is 5.62. The van der Waals surface area contributed by atoms with Gasteiger partial charge in [0.15, 0.2) is 0 Å². The summed E-state index contributed by atoms with van der Waals surface area (Å²) in [7, 11) is 0. The Bertz CT molecular complexity index is 1110. The minimum absolute atomic E-state index is 0.217. The van der Waals surface area contributed by atoms with Gasteiger partial charge in [-0.25, -0.2) is 14.5 Å². The fourth-order valence-corrected chi connectivity index (χ4v) is 5.62. The average Bonchev–Trinajstić information content (AvgIpc) is 2.93. The summed E-state index contributed by atoms with van der Waals surface area (Å²) in [5.74, 6) is -0.0265. The number of aliphatic hydroxyl groups is 1. The van der Waals surface area contributed by atoms with Gasteiger partial charge in [-0.2, -0.15) is 0 Å². The molecule has 0 saturated carbocycles. The molecule has 11 nitrogen and oxygen atoms in total. The van der Waals surface area contributed by atoms with Gasteiger partial charge >= 0.3 is 12.2 Å². The second kappa shape index (κ2) is 16.4. The highest BCUT2D eigenvalue weighted by atomic mass is 16.6. The first-order valence-corrected chi connectivity index (χ1v) is 16.4. The summed E-state index contributed by atoms with van der Waals surface area (Å²) in [6, 6.07) is 7.85. The number of anilines is 1. The number of carbonyl (C=O) groups is 4. The predicted octanol–water partition coefficient (Wildman–Crippen LogP) is 5.57. The number of hydrogen-bond donors (Lipinski definition) is 3. The van der Waals surface area contributed by atoms with Crippen LogP contribution >= 0.6 is 0 Å². The van der Waals surface area contributed by atoms with Crippen molar-refractivity contribution in [1.29, 1.82) is 0 Å². The highest BCUT2D eigenvalue weighted by molar-refractivity contribution is 6.01. The number of nitrogens with one attached hydrogen (secondary N) is 2. The van der Waals surface area contributed by atoms with Crippen LogP contribution in [-0.4, -0.2) is 88.4 Å². The lowest BCUT2D eigenvalue weighted by Crippen LogP contribution is -2.47. The zero-order valence-corrected chi connectivity index (χ0v) is 28.0. The summed E-state index contributed by atoms with van der Waals surface area (Å²) in [5, 5.41) is 16.3. The third-order valence-corrected chi connectivity index (χ3v) is 7.92. The molecule has 4 amide bonds. The summed E-state index contributed by atoms with van der Waals surface area (Å²) < 4.78 is 10.8. The molecule has 45 heavy (non-hydrogen) atoms. The van der Waals surface area contributed by atoms with E-state index >= 15 is 0 Å². The molecule has 0 bridgehead atoms. The molecule has 2 atom stereocenters. The summed E-state index contributed by atoms with van der Waals surface area (Å²) in [6.45, 7) is 13.3. The molecule has 0 aliphatic carbocycles. The quantitative estimate of drug-likeness (QED) is 0.200. The summed E-state index contributed by atoms with van der Waals surface area (Å²) in [5.41, 5.74) is 0.720. The van der Waals surface area contributed by atoms with Crippen LogP contribution in [0.2, 0.25) is 0 Å². The SMILES string of the molecule is CC(C)(C)OC(=O)N(CCCCCCC(O)CN1CCC(c2ccc(NC3CCC(=O)NC3=O)cc2)CC1)C(=O)OC(C)(C)C. The number of imide groups is 2. The Hall–Kier alpha value is -3.18. The molecule has 0 aromatic heterocycles. The van der Waals surface area contributed by atoms with Crippen molar-refractivity contribution in [2.45, 2.75) is 129 Å². The third kappa shape index (κ3) is 13.0. The molecule has 1 aromatic rings. The highest BCUT2D eigenvalue weighted by Gasteiger charge is 2.31. The van der Waals surface area contributed by atoms with E-state index < -0.39 is 23.4 Å². The van der Waals surface area contributed by atoms with Crippen LogP contribution in [0.5, 0.6) is 0 Å². The fraction of sp³-hybridized carbons (Fsp3) is 0.706. The monoisotopic (exact) mass is 630 g/mol. The van der Waals surface area contributed by atoms with Crippen molar-refractivity contribution in [3.8, 4) is 0 Å². The van der Waals surface area contributed by atoms with Crippen LogP contribution in [0.4, 0.5) is 15.3 Å². The number of nitrogens with zero attached hydrogens (tertiary/aromatic N) is 2. The maximum absolute atomic E-state index is 12.6. The average molecular weight is 631 g/mol. The minimum atomic E-state index is -0.715. The van der Waals surface area contributed by atoms with Gasteiger partial charge in [0.05, 0.1) is 6.10 Å². The van der Waals surface area contributed by atoms with Gasteiger partial charge in [0, 0.05) is 25.2 Å². The molecule has 2 saturated heterocycles. The number of amides is 4. The second-order valence-electron chi connectivity index (χ2n) is 14.3. The smallest absolute Gasteiger partial charge is 0.419 e. The molecule has 2 heterocycles. The van der Waals surface area contributed by atoms with Crippen LogP contribution in [0, 0.1) is 0 Å². The van der Waals surface area contributed by atoms with Crippen molar-refractivity contribution in [2.75, 3.05) is 31.5 Å². The van der Waals surface area contributed by atoms with Crippen LogP contribution in [-0.2, 0) is 19.1 Å². The summed E-state index contributed by atoms with van der Waals surface area (Å²) in [6.07, 6.45) is 5.05. The van der Waals surface area contributed by atoms with Crippen LogP contribution in [0.3, 0.4) is 0 Å². The molecular weight excluding hydrogens is 576 g/mol. The molecule has 0 radical (unpaired) electrons. The van der Waals surface area contributed by atoms with Crippen molar-refractivity contribution in [3.05, 3.63) is 29.8 Å². The largest absolute Gasteiger partial charge is 0.443 e. The van der Waals surface area contributed by atoms with E-state index in [0.29, 0.717) is 38.1 Å². The standard InChI is InChI=1S/C34H54N4O7/c1-33(2,3)44-31(42)38(32(43)45-34(4,5)6)20-10-8-7-9-11-27(39)23-37-21-18-25(19-22-37)24-12-14-26(15-13-24)35-28-16-17-29(40)36-30(28)41/h12-15,25,27-28,35,39H,7-11,16-23H2,1-6H3,(H,36,40,41). The zero-order valence-electron chi connectivity index (χ0n) is 28.0. The van der Waals surface area contributed by atoms with Gasteiger partial charge in [-0.15, -0.1) is 0 Å². The molecule has 1 aromatic carbocycles. The number of unbranched alkanes of at least 4 members (excludes halogenated alkanes) is 3. The highest BCUT2D eigenvalue weighted by Crippen LogP contribution is 2.29. The zero-order chi connectivity index (χ0) is 33.2. The van der Waals surface area contributed by atoms with Crippen LogP contribution < -0.4 is 10.6 Å². The normalized spacial score (nSPS) is 19.0. The Morgan fingerprint density at radius 2 is 1.51 bits per heavy atom. The number of rotatable bonds is 12. The molecule has 2 aliphatic heterocycles. The van der Waals surface area contributed by atoms with Gasteiger partial charge in [-0.3, -0.25) is 14.9 Å². The number of aliphatic hydroxyl groups excluding tert-OH is 1. The number of ether oxygens (including phenoxy) is 2.